The van der Waals surface area contributed by atoms with Crippen molar-refractivity contribution in [2.75, 3.05) is 5.32 Å². The van der Waals surface area contributed by atoms with Crippen LogP contribution in [-0.2, 0) is 0 Å². The Morgan fingerprint density at radius 3 is 2.75 bits per heavy atom. The molecule has 2 aromatic carbocycles. The molecule has 0 aliphatic heterocycles. The molecule has 0 atom stereocenters. The van der Waals surface area contributed by atoms with Gasteiger partial charge in [-0.25, -0.2) is 9.97 Å². The molecule has 0 saturated carbocycles. The van der Waals surface area contributed by atoms with Gasteiger partial charge in [0.15, 0.2) is 0 Å². The monoisotopic (exact) mass is 402 g/mol. The van der Waals surface area contributed by atoms with Crippen molar-refractivity contribution in [2.24, 2.45) is 0 Å². The zero-order chi connectivity index (χ0) is 16.9. The zero-order valence-corrected chi connectivity index (χ0v) is 14.6. The van der Waals surface area contributed by atoms with Crippen LogP contribution in [0.15, 0.2) is 75.2 Å². The highest BCUT2D eigenvalue weighted by molar-refractivity contribution is 9.10. The number of rotatable bonds is 5. The summed E-state index contributed by atoms with van der Waals surface area (Å²) in [6.07, 6.45) is 1.65. The summed E-state index contributed by atoms with van der Waals surface area (Å²) in [7, 11) is 0. The Labute approximate surface area is 150 Å². The molecule has 1 heterocycles. The highest BCUT2D eigenvalue weighted by Crippen LogP contribution is 2.29. The molecule has 0 amide bonds. The van der Waals surface area contributed by atoms with E-state index in [0.717, 1.165) is 14.4 Å². The molecule has 0 radical (unpaired) electrons. The lowest BCUT2D eigenvalue weighted by Gasteiger charge is -2.06. The van der Waals surface area contributed by atoms with Gasteiger partial charge >= 0.3 is 0 Å². The summed E-state index contributed by atoms with van der Waals surface area (Å²) in [6, 6.07) is 15.9. The fourth-order valence-corrected chi connectivity index (χ4v) is 3.32. The Morgan fingerprint density at radius 1 is 1.12 bits per heavy atom. The van der Waals surface area contributed by atoms with Crippen LogP contribution in [0, 0.1) is 10.1 Å². The van der Waals surface area contributed by atoms with Crippen molar-refractivity contribution >= 4 is 45.0 Å². The average molecular weight is 403 g/mol. The van der Waals surface area contributed by atoms with E-state index in [2.05, 4.69) is 31.2 Å². The molecule has 6 nitrogen and oxygen atoms in total. The maximum absolute atomic E-state index is 10.8. The van der Waals surface area contributed by atoms with Crippen LogP contribution in [0.25, 0.3) is 0 Å². The standard InChI is InChI=1S/C16H11BrN4O2S/c17-11-3-1-6-14(9-11)24-15-7-8-18-16(20-15)19-12-4-2-5-13(10-12)21(22)23/h1-10H,(H,18,19,20). The van der Waals surface area contributed by atoms with Crippen molar-refractivity contribution < 1.29 is 4.92 Å². The molecule has 8 heteroatoms. The first-order valence-electron chi connectivity index (χ1n) is 6.88. The van der Waals surface area contributed by atoms with E-state index in [1.807, 2.05) is 30.3 Å². The second-order valence-corrected chi connectivity index (χ2v) is 6.72. The summed E-state index contributed by atoms with van der Waals surface area (Å²) < 4.78 is 0.997. The van der Waals surface area contributed by atoms with Gasteiger partial charge in [-0.15, -0.1) is 0 Å². The van der Waals surface area contributed by atoms with Crippen molar-refractivity contribution in [3.05, 3.63) is 75.4 Å². The third-order valence-corrected chi connectivity index (χ3v) is 4.38. The Balaban J connectivity index is 1.78. The summed E-state index contributed by atoms with van der Waals surface area (Å²) in [6.45, 7) is 0. The summed E-state index contributed by atoms with van der Waals surface area (Å²) in [4.78, 5) is 20.0. The van der Waals surface area contributed by atoms with Crippen LogP contribution in [0.4, 0.5) is 17.3 Å². The molecular weight excluding hydrogens is 392 g/mol. The number of hydrogen-bond donors (Lipinski definition) is 1. The largest absolute Gasteiger partial charge is 0.324 e. The van der Waals surface area contributed by atoms with Gasteiger partial charge in [0.25, 0.3) is 5.69 Å². The number of nitrogens with zero attached hydrogens (tertiary/aromatic N) is 3. The van der Waals surface area contributed by atoms with Gasteiger partial charge in [0, 0.05) is 33.4 Å². The fourth-order valence-electron chi connectivity index (χ4n) is 1.94. The number of anilines is 2. The van der Waals surface area contributed by atoms with Crippen LogP contribution in [0.5, 0.6) is 0 Å². The number of halogens is 1. The summed E-state index contributed by atoms with van der Waals surface area (Å²) in [5, 5.41) is 14.6. The van der Waals surface area contributed by atoms with E-state index >= 15 is 0 Å². The first-order chi connectivity index (χ1) is 11.6. The lowest BCUT2D eigenvalue weighted by atomic mass is 10.3. The molecule has 0 saturated heterocycles. The third kappa shape index (κ3) is 4.30. The highest BCUT2D eigenvalue weighted by Gasteiger charge is 2.07. The van der Waals surface area contributed by atoms with Crippen LogP contribution in [0.3, 0.4) is 0 Å². The molecular formula is C16H11BrN4O2S. The first-order valence-corrected chi connectivity index (χ1v) is 8.49. The number of benzene rings is 2. The van der Waals surface area contributed by atoms with Gasteiger partial charge < -0.3 is 5.32 Å². The Hall–Kier alpha value is -2.45. The normalized spacial score (nSPS) is 10.4. The first kappa shape index (κ1) is 16.4. The topological polar surface area (TPSA) is 81.0 Å². The second kappa shape index (κ2) is 7.41. The number of nitrogens with one attached hydrogen (secondary N) is 1. The zero-order valence-electron chi connectivity index (χ0n) is 12.2. The minimum absolute atomic E-state index is 0.0136. The second-order valence-electron chi connectivity index (χ2n) is 4.71. The van der Waals surface area contributed by atoms with Gasteiger partial charge in [-0.1, -0.05) is 39.8 Å². The molecule has 0 aliphatic carbocycles. The van der Waals surface area contributed by atoms with E-state index in [0.29, 0.717) is 11.6 Å². The minimum atomic E-state index is -0.439. The summed E-state index contributed by atoms with van der Waals surface area (Å²) in [5.74, 6) is 0.385. The number of nitro groups is 1. The molecule has 0 fully saturated rings. The Morgan fingerprint density at radius 2 is 1.96 bits per heavy atom. The van der Waals surface area contributed by atoms with Gasteiger partial charge in [-0.05, 0) is 30.3 Å². The Bertz CT molecular complexity index is 891. The Kier molecular flexibility index (Phi) is 5.07. The van der Waals surface area contributed by atoms with Crippen molar-refractivity contribution in [1.29, 1.82) is 0 Å². The number of hydrogen-bond acceptors (Lipinski definition) is 6. The fraction of sp³-hybridized carbons (Fsp3) is 0. The molecule has 3 rings (SSSR count). The van der Waals surface area contributed by atoms with Crippen LogP contribution in [-0.4, -0.2) is 14.9 Å². The van der Waals surface area contributed by atoms with Gasteiger partial charge in [0.1, 0.15) is 5.03 Å². The van der Waals surface area contributed by atoms with Gasteiger partial charge in [0.2, 0.25) is 5.95 Å². The number of aromatic nitrogens is 2. The molecule has 0 aliphatic rings. The van der Waals surface area contributed by atoms with Crippen LogP contribution in [0.2, 0.25) is 0 Å². The van der Waals surface area contributed by atoms with E-state index in [9.17, 15) is 10.1 Å². The van der Waals surface area contributed by atoms with Crippen molar-refractivity contribution in [3.63, 3.8) is 0 Å². The van der Waals surface area contributed by atoms with Crippen LogP contribution < -0.4 is 5.32 Å². The van der Waals surface area contributed by atoms with E-state index in [-0.39, 0.29) is 5.69 Å². The van der Waals surface area contributed by atoms with Gasteiger partial charge in [-0.2, -0.15) is 0 Å². The van der Waals surface area contributed by atoms with Gasteiger partial charge in [0.05, 0.1) is 4.92 Å². The molecule has 0 bridgehead atoms. The third-order valence-electron chi connectivity index (χ3n) is 2.96. The van der Waals surface area contributed by atoms with E-state index in [1.165, 1.54) is 23.9 Å². The number of non-ortho nitro benzene ring substituents is 1. The van der Waals surface area contributed by atoms with Crippen molar-refractivity contribution in [2.45, 2.75) is 9.92 Å². The van der Waals surface area contributed by atoms with Gasteiger partial charge in [-0.3, -0.25) is 10.1 Å². The summed E-state index contributed by atoms with van der Waals surface area (Å²) >= 11 is 4.94. The van der Waals surface area contributed by atoms with E-state index < -0.39 is 4.92 Å². The van der Waals surface area contributed by atoms with Crippen molar-refractivity contribution in [3.8, 4) is 0 Å². The molecule has 3 aromatic rings. The van der Waals surface area contributed by atoms with E-state index in [4.69, 9.17) is 0 Å². The highest BCUT2D eigenvalue weighted by atomic mass is 79.9. The molecule has 1 N–H and O–H groups in total. The predicted octanol–water partition coefficient (Wildman–Crippen LogP) is 5.04. The molecule has 0 spiro atoms. The van der Waals surface area contributed by atoms with Crippen molar-refractivity contribution in [1.82, 2.24) is 9.97 Å². The maximum atomic E-state index is 10.8. The quantitative estimate of drug-likeness (QED) is 0.365. The lowest BCUT2D eigenvalue weighted by molar-refractivity contribution is -0.384. The smallest absolute Gasteiger partial charge is 0.271 e. The molecule has 24 heavy (non-hydrogen) atoms. The maximum Gasteiger partial charge on any atom is 0.271 e. The molecule has 0 unspecified atom stereocenters. The predicted molar refractivity (Wildman–Crippen MR) is 96.7 cm³/mol. The molecule has 120 valence electrons. The summed E-state index contributed by atoms with van der Waals surface area (Å²) in [5.41, 5.74) is 0.577. The van der Waals surface area contributed by atoms with Crippen LogP contribution >= 0.6 is 27.7 Å². The minimum Gasteiger partial charge on any atom is -0.324 e. The SMILES string of the molecule is O=[N+]([O-])c1cccc(Nc2nccc(Sc3cccc(Br)c3)n2)c1. The molecule has 1 aromatic heterocycles. The average Bonchev–Trinajstić information content (AvgIpc) is 2.55. The lowest BCUT2D eigenvalue weighted by Crippen LogP contribution is -1.98. The van der Waals surface area contributed by atoms with Crippen LogP contribution in [0.1, 0.15) is 0 Å². The number of nitro benzene ring substituents is 1. The van der Waals surface area contributed by atoms with E-state index in [1.54, 1.807) is 18.3 Å².